The molecule has 1 heterocycles. The summed E-state index contributed by atoms with van der Waals surface area (Å²) in [4.78, 5) is 28.9. The fourth-order valence-electron chi connectivity index (χ4n) is 2.45. The lowest BCUT2D eigenvalue weighted by atomic mass is 10.1. The molecule has 0 spiro atoms. The lowest BCUT2D eigenvalue weighted by molar-refractivity contribution is 0.0784. The summed E-state index contributed by atoms with van der Waals surface area (Å²) in [7, 11) is 1.67. The van der Waals surface area contributed by atoms with Crippen molar-refractivity contribution in [3.05, 3.63) is 81.1 Å². The minimum atomic E-state index is -0.181. The fourth-order valence-corrected chi connectivity index (χ4v) is 2.58. The zero-order chi connectivity index (χ0) is 16.4. The Bertz CT molecular complexity index is 916. The maximum Gasteiger partial charge on any atom is 0.253 e. The predicted molar refractivity (Wildman–Crippen MR) is 91.8 cm³/mol. The van der Waals surface area contributed by atoms with Crippen LogP contribution in [0.5, 0.6) is 0 Å². The van der Waals surface area contributed by atoms with Gasteiger partial charge in [-0.1, -0.05) is 29.8 Å². The molecule has 4 nitrogen and oxygen atoms in total. The van der Waals surface area contributed by atoms with Crippen molar-refractivity contribution in [2.24, 2.45) is 0 Å². The van der Waals surface area contributed by atoms with Gasteiger partial charge < -0.3 is 9.88 Å². The Morgan fingerprint density at radius 3 is 2.57 bits per heavy atom. The van der Waals surface area contributed by atoms with Gasteiger partial charge in [0.25, 0.3) is 11.5 Å². The van der Waals surface area contributed by atoms with E-state index in [1.807, 2.05) is 30.3 Å². The number of pyridine rings is 1. The molecule has 3 rings (SSSR count). The van der Waals surface area contributed by atoms with E-state index in [9.17, 15) is 9.59 Å². The molecule has 116 valence electrons. The molecule has 0 aliphatic heterocycles. The number of carbonyl (C=O) groups excluding carboxylic acids is 1. The monoisotopic (exact) mass is 326 g/mol. The van der Waals surface area contributed by atoms with E-state index in [1.165, 1.54) is 4.90 Å². The standard InChI is InChI=1S/C18H15ClN2O2/c1-21(18(23)12-6-8-15(19)9-7-12)11-14-10-13-4-2-3-5-16(13)20-17(14)22/h2-10H,11H2,1H3,(H,20,22). The lowest BCUT2D eigenvalue weighted by Crippen LogP contribution is -2.29. The third kappa shape index (κ3) is 3.27. The zero-order valence-corrected chi connectivity index (χ0v) is 13.3. The van der Waals surface area contributed by atoms with E-state index in [-0.39, 0.29) is 18.0 Å². The number of rotatable bonds is 3. The Hall–Kier alpha value is -2.59. The van der Waals surface area contributed by atoms with Gasteiger partial charge in [-0.05, 0) is 41.8 Å². The summed E-state index contributed by atoms with van der Waals surface area (Å²) >= 11 is 5.83. The first-order valence-corrected chi connectivity index (χ1v) is 7.54. The maximum atomic E-state index is 12.4. The molecule has 3 aromatic rings. The highest BCUT2D eigenvalue weighted by Crippen LogP contribution is 2.14. The summed E-state index contributed by atoms with van der Waals surface area (Å²) in [6, 6.07) is 16.1. The number of hydrogen-bond donors (Lipinski definition) is 1. The molecule has 23 heavy (non-hydrogen) atoms. The summed E-state index contributed by atoms with van der Waals surface area (Å²) < 4.78 is 0. The normalized spacial score (nSPS) is 10.7. The SMILES string of the molecule is CN(Cc1cc2ccccc2[nH]c1=O)C(=O)c1ccc(Cl)cc1. The van der Waals surface area contributed by atoms with Crippen LogP contribution in [-0.4, -0.2) is 22.8 Å². The first kappa shape index (κ1) is 15.3. The van der Waals surface area contributed by atoms with Crippen molar-refractivity contribution in [3.8, 4) is 0 Å². The van der Waals surface area contributed by atoms with Crippen LogP contribution >= 0.6 is 11.6 Å². The van der Waals surface area contributed by atoms with Crippen molar-refractivity contribution in [1.82, 2.24) is 9.88 Å². The molecule has 1 aromatic heterocycles. The number of para-hydroxylation sites is 1. The van der Waals surface area contributed by atoms with Crippen molar-refractivity contribution < 1.29 is 4.79 Å². The van der Waals surface area contributed by atoms with Crippen LogP contribution in [0.15, 0.2) is 59.4 Å². The molecule has 0 saturated heterocycles. The Balaban J connectivity index is 1.86. The number of benzene rings is 2. The zero-order valence-electron chi connectivity index (χ0n) is 12.5. The molecule has 2 aromatic carbocycles. The summed E-state index contributed by atoms with van der Waals surface area (Å²) in [6.07, 6.45) is 0. The second kappa shape index (κ2) is 6.26. The number of nitrogens with one attached hydrogen (secondary N) is 1. The molecule has 0 fully saturated rings. The van der Waals surface area contributed by atoms with Crippen LogP contribution in [0, 0.1) is 0 Å². The van der Waals surface area contributed by atoms with Crippen molar-refractivity contribution in [2.45, 2.75) is 6.54 Å². The number of H-pyrrole nitrogens is 1. The topological polar surface area (TPSA) is 53.2 Å². The van der Waals surface area contributed by atoms with Crippen molar-refractivity contribution in [2.75, 3.05) is 7.05 Å². The number of aromatic amines is 1. The number of nitrogens with zero attached hydrogens (tertiary/aromatic N) is 1. The Kier molecular flexibility index (Phi) is 4.17. The molecule has 1 amide bonds. The summed E-state index contributed by atoms with van der Waals surface area (Å²) in [5, 5.41) is 1.52. The Labute approximate surface area is 138 Å². The van der Waals surface area contributed by atoms with Gasteiger partial charge in [-0.25, -0.2) is 0 Å². The van der Waals surface area contributed by atoms with Crippen LogP contribution in [0.4, 0.5) is 0 Å². The van der Waals surface area contributed by atoms with Gasteiger partial charge >= 0.3 is 0 Å². The first-order chi connectivity index (χ1) is 11.0. The van der Waals surface area contributed by atoms with E-state index >= 15 is 0 Å². The van der Waals surface area contributed by atoms with E-state index in [1.54, 1.807) is 31.3 Å². The van der Waals surface area contributed by atoms with Gasteiger partial charge in [0.2, 0.25) is 0 Å². The lowest BCUT2D eigenvalue weighted by Gasteiger charge is -2.17. The molecule has 0 radical (unpaired) electrons. The molecule has 0 unspecified atom stereocenters. The molecule has 0 aliphatic carbocycles. The van der Waals surface area contributed by atoms with Gasteiger partial charge in [-0.3, -0.25) is 9.59 Å². The summed E-state index contributed by atoms with van der Waals surface area (Å²) in [5.41, 5.74) is 1.69. The third-order valence-electron chi connectivity index (χ3n) is 3.68. The summed E-state index contributed by atoms with van der Waals surface area (Å²) in [5.74, 6) is -0.158. The van der Waals surface area contributed by atoms with E-state index in [0.29, 0.717) is 16.1 Å². The van der Waals surface area contributed by atoms with Crippen LogP contribution in [0.1, 0.15) is 15.9 Å². The number of fused-ring (bicyclic) bond motifs is 1. The minimum absolute atomic E-state index is 0.158. The quantitative estimate of drug-likeness (QED) is 0.801. The van der Waals surface area contributed by atoms with Gasteiger partial charge in [0, 0.05) is 28.7 Å². The molecule has 0 bridgehead atoms. The number of amides is 1. The van der Waals surface area contributed by atoms with Gasteiger partial charge in [0.05, 0.1) is 6.54 Å². The highest BCUT2D eigenvalue weighted by atomic mass is 35.5. The van der Waals surface area contributed by atoms with E-state index in [4.69, 9.17) is 11.6 Å². The van der Waals surface area contributed by atoms with E-state index in [0.717, 1.165) is 10.9 Å². The van der Waals surface area contributed by atoms with Crippen molar-refractivity contribution in [3.63, 3.8) is 0 Å². The predicted octanol–water partition coefficient (Wildman–Crippen LogP) is 3.45. The average Bonchev–Trinajstić information content (AvgIpc) is 2.55. The molecule has 0 saturated carbocycles. The number of hydrogen-bond acceptors (Lipinski definition) is 2. The third-order valence-corrected chi connectivity index (χ3v) is 3.93. The molecule has 0 atom stereocenters. The highest BCUT2D eigenvalue weighted by Gasteiger charge is 2.14. The molecule has 1 N–H and O–H groups in total. The second-order valence-corrected chi connectivity index (χ2v) is 5.82. The van der Waals surface area contributed by atoms with Crippen LogP contribution in [0.3, 0.4) is 0 Å². The minimum Gasteiger partial charge on any atom is -0.337 e. The number of aromatic nitrogens is 1. The molecule has 5 heteroatoms. The van der Waals surface area contributed by atoms with Gasteiger partial charge in [-0.15, -0.1) is 0 Å². The molecule has 0 aliphatic rings. The molecular weight excluding hydrogens is 312 g/mol. The van der Waals surface area contributed by atoms with Crippen LogP contribution in [0.2, 0.25) is 5.02 Å². The van der Waals surface area contributed by atoms with Crippen LogP contribution in [0.25, 0.3) is 10.9 Å². The van der Waals surface area contributed by atoms with Crippen molar-refractivity contribution in [1.29, 1.82) is 0 Å². The fraction of sp³-hybridized carbons (Fsp3) is 0.111. The smallest absolute Gasteiger partial charge is 0.253 e. The van der Waals surface area contributed by atoms with Gasteiger partial charge in [0.1, 0.15) is 0 Å². The summed E-state index contributed by atoms with van der Waals surface area (Å²) in [6.45, 7) is 0.238. The van der Waals surface area contributed by atoms with E-state index < -0.39 is 0 Å². The van der Waals surface area contributed by atoms with E-state index in [2.05, 4.69) is 4.98 Å². The Morgan fingerprint density at radius 2 is 1.83 bits per heavy atom. The first-order valence-electron chi connectivity index (χ1n) is 7.16. The molecular formula is C18H15ClN2O2. The van der Waals surface area contributed by atoms with Gasteiger partial charge in [-0.2, -0.15) is 0 Å². The second-order valence-electron chi connectivity index (χ2n) is 5.38. The Morgan fingerprint density at radius 1 is 1.13 bits per heavy atom. The number of halogens is 1. The van der Waals surface area contributed by atoms with Crippen LogP contribution in [-0.2, 0) is 6.54 Å². The maximum absolute atomic E-state index is 12.4. The highest BCUT2D eigenvalue weighted by molar-refractivity contribution is 6.30. The largest absolute Gasteiger partial charge is 0.337 e. The van der Waals surface area contributed by atoms with Crippen LogP contribution < -0.4 is 5.56 Å². The number of carbonyl (C=O) groups is 1. The van der Waals surface area contributed by atoms with Crippen molar-refractivity contribution >= 4 is 28.4 Å². The van der Waals surface area contributed by atoms with Gasteiger partial charge in [0.15, 0.2) is 0 Å². The average molecular weight is 327 g/mol.